The molecule has 2 aromatic rings. The van der Waals surface area contributed by atoms with Crippen molar-refractivity contribution < 1.29 is 18.7 Å². The Labute approximate surface area is 147 Å². The third-order valence-corrected chi connectivity index (χ3v) is 3.66. The molecular weight excluding hydrogens is 323 g/mol. The number of carbonyl (C=O) groups excluding carboxylic acids is 1. The van der Waals surface area contributed by atoms with Crippen LogP contribution in [0.2, 0.25) is 0 Å². The summed E-state index contributed by atoms with van der Waals surface area (Å²) in [6, 6.07) is 9.88. The number of ether oxygens (including phenoxy) is 2. The lowest BCUT2D eigenvalue weighted by molar-refractivity contribution is 0.252. The average Bonchev–Trinajstić information content (AvgIpc) is 2.59. The minimum absolute atomic E-state index is 0.348. The second-order valence-electron chi connectivity index (χ2n) is 5.51. The molecule has 6 heteroatoms. The van der Waals surface area contributed by atoms with E-state index in [0.29, 0.717) is 42.3 Å². The van der Waals surface area contributed by atoms with E-state index in [1.54, 1.807) is 26.2 Å². The van der Waals surface area contributed by atoms with Gasteiger partial charge in [0, 0.05) is 12.2 Å². The molecule has 0 aromatic heterocycles. The molecule has 0 atom stereocenters. The zero-order chi connectivity index (χ0) is 18.2. The van der Waals surface area contributed by atoms with Crippen LogP contribution in [0.1, 0.15) is 18.1 Å². The molecule has 0 aliphatic rings. The Morgan fingerprint density at radius 3 is 2.64 bits per heavy atom. The van der Waals surface area contributed by atoms with Crippen LogP contribution in [0.5, 0.6) is 11.5 Å². The van der Waals surface area contributed by atoms with Gasteiger partial charge in [-0.3, -0.25) is 0 Å². The highest BCUT2D eigenvalue weighted by Crippen LogP contribution is 2.28. The Balaban J connectivity index is 1.85. The molecule has 0 saturated carbocycles. The van der Waals surface area contributed by atoms with Crippen LogP contribution < -0.4 is 20.1 Å². The third-order valence-electron chi connectivity index (χ3n) is 3.66. The number of urea groups is 1. The summed E-state index contributed by atoms with van der Waals surface area (Å²) in [5.41, 5.74) is 1.97. The largest absolute Gasteiger partial charge is 0.493 e. The Morgan fingerprint density at radius 2 is 1.96 bits per heavy atom. The van der Waals surface area contributed by atoms with Gasteiger partial charge in [0.15, 0.2) is 11.5 Å². The number of nitrogens with one attached hydrogen (secondary N) is 2. The Hall–Kier alpha value is -2.76. The first kappa shape index (κ1) is 18.6. The second kappa shape index (κ2) is 8.92. The van der Waals surface area contributed by atoms with Crippen LogP contribution in [0.25, 0.3) is 0 Å². The normalized spacial score (nSPS) is 10.2. The van der Waals surface area contributed by atoms with Gasteiger partial charge < -0.3 is 20.1 Å². The van der Waals surface area contributed by atoms with Crippen molar-refractivity contribution in [3.63, 3.8) is 0 Å². The number of benzene rings is 2. The van der Waals surface area contributed by atoms with Crippen molar-refractivity contribution in [2.75, 3.05) is 25.6 Å². The number of halogens is 1. The molecule has 0 aliphatic carbocycles. The molecule has 2 N–H and O–H groups in total. The minimum Gasteiger partial charge on any atom is -0.493 e. The number of hydrogen-bond donors (Lipinski definition) is 2. The van der Waals surface area contributed by atoms with Crippen LogP contribution in [-0.4, -0.2) is 26.3 Å². The van der Waals surface area contributed by atoms with E-state index in [1.807, 2.05) is 25.1 Å². The van der Waals surface area contributed by atoms with Crippen LogP contribution in [0, 0.1) is 12.7 Å². The van der Waals surface area contributed by atoms with Gasteiger partial charge in [-0.05, 0) is 55.7 Å². The SMILES string of the molecule is CCOc1ccc(CCNC(=O)Nc2ccc(C)c(F)c2)cc1OC. The van der Waals surface area contributed by atoms with Gasteiger partial charge in [0.05, 0.1) is 13.7 Å². The van der Waals surface area contributed by atoms with Gasteiger partial charge in [-0.1, -0.05) is 12.1 Å². The first-order valence-electron chi connectivity index (χ1n) is 8.14. The monoisotopic (exact) mass is 346 g/mol. The van der Waals surface area contributed by atoms with E-state index in [0.717, 1.165) is 5.56 Å². The fourth-order valence-electron chi connectivity index (χ4n) is 2.31. The lowest BCUT2D eigenvalue weighted by Gasteiger charge is -2.12. The van der Waals surface area contributed by atoms with Crippen molar-refractivity contribution in [3.05, 3.63) is 53.3 Å². The number of carbonyl (C=O) groups is 1. The molecule has 2 amide bonds. The molecule has 0 heterocycles. The Morgan fingerprint density at radius 1 is 1.16 bits per heavy atom. The van der Waals surface area contributed by atoms with Crippen LogP contribution in [-0.2, 0) is 6.42 Å². The molecule has 0 spiro atoms. The Bertz CT molecular complexity index is 735. The first-order chi connectivity index (χ1) is 12.0. The van der Waals surface area contributed by atoms with E-state index < -0.39 is 0 Å². The van der Waals surface area contributed by atoms with E-state index in [1.165, 1.54) is 6.07 Å². The number of methoxy groups -OCH3 is 1. The molecule has 25 heavy (non-hydrogen) atoms. The van der Waals surface area contributed by atoms with E-state index in [9.17, 15) is 9.18 Å². The maximum absolute atomic E-state index is 13.5. The number of aryl methyl sites for hydroxylation is 1. The quantitative estimate of drug-likeness (QED) is 0.799. The fourth-order valence-corrected chi connectivity index (χ4v) is 2.31. The minimum atomic E-state index is -0.374. The maximum Gasteiger partial charge on any atom is 0.319 e. The molecule has 0 bridgehead atoms. The predicted molar refractivity (Wildman–Crippen MR) is 96.0 cm³/mol. The molecule has 134 valence electrons. The zero-order valence-electron chi connectivity index (χ0n) is 14.7. The number of hydrogen-bond acceptors (Lipinski definition) is 3. The highest BCUT2D eigenvalue weighted by Gasteiger charge is 2.07. The van der Waals surface area contributed by atoms with Crippen molar-refractivity contribution in [3.8, 4) is 11.5 Å². The average molecular weight is 346 g/mol. The summed E-state index contributed by atoms with van der Waals surface area (Å²) in [5.74, 6) is 1.01. The van der Waals surface area contributed by atoms with Crippen molar-refractivity contribution in [1.82, 2.24) is 5.32 Å². The number of amides is 2. The lowest BCUT2D eigenvalue weighted by atomic mass is 10.1. The molecular formula is C19H23FN2O3. The summed E-state index contributed by atoms with van der Waals surface area (Å²) in [5, 5.41) is 5.36. The smallest absolute Gasteiger partial charge is 0.319 e. The van der Waals surface area contributed by atoms with Gasteiger partial charge in [-0.25, -0.2) is 9.18 Å². The number of rotatable bonds is 7. The summed E-state index contributed by atoms with van der Waals surface area (Å²) in [4.78, 5) is 11.9. The third kappa shape index (κ3) is 5.38. The topological polar surface area (TPSA) is 59.6 Å². The van der Waals surface area contributed by atoms with Gasteiger partial charge >= 0.3 is 6.03 Å². The summed E-state index contributed by atoms with van der Waals surface area (Å²) in [7, 11) is 1.59. The molecule has 2 aromatic carbocycles. The van der Waals surface area contributed by atoms with Gasteiger partial charge in [0.1, 0.15) is 5.82 Å². The second-order valence-corrected chi connectivity index (χ2v) is 5.51. The molecule has 0 unspecified atom stereocenters. The van der Waals surface area contributed by atoms with E-state index in [4.69, 9.17) is 9.47 Å². The van der Waals surface area contributed by atoms with Gasteiger partial charge in [0.25, 0.3) is 0 Å². The van der Waals surface area contributed by atoms with Crippen molar-refractivity contribution in [2.24, 2.45) is 0 Å². The van der Waals surface area contributed by atoms with Gasteiger partial charge in [-0.15, -0.1) is 0 Å². The van der Waals surface area contributed by atoms with E-state index in [-0.39, 0.29) is 11.8 Å². The molecule has 0 radical (unpaired) electrons. The molecule has 0 saturated heterocycles. The summed E-state index contributed by atoms with van der Waals surface area (Å²) in [6.07, 6.45) is 0.637. The highest BCUT2D eigenvalue weighted by molar-refractivity contribution is 5.89. The predicted octanol–water partition coefficient (Wildman–Crippen LogP) is 3.91. The van der Waals surface area contributed by atoms with E-state index >= 15 is 0 Å². The highest BCUT2D eigenvalue weighted by atomic mass is 19.1. The molecule has 0 aliphatic heterocycles. The molecule has 5 nitrogen and oxygen atoms in total. The zero-order valence-corrected chi connectivity index (χ0v) is 14.7. The molecule has 2 rings (SSSR count). The number of anilines is 1. The van der Waals surface area contributed by atoms with Crippen LogP contribution in [0.3, 0.4) is 0 Å². The lowest BCUT2D eigenvalue weighted by Crippen LogP contribution is -2.30. The Kier molecular flexibility index (Phi) is 6.62. The summed E-state index contributed by atoms with van der Waals surface area (Å²) < 4.78 is 24.2. The van der Waals surface area contributed by atoms with E-state index in [2.05, 4.69) is 10.6 Å². The van der Waals surface area contributed by atoms with Crippen molar-refractivity contribution in [2.45, 2.75) is 20.3 Å². The summed E-state index contributed by atoms with van der Waals surface area (Å²) >= 11 is 0. The first-order valence-corrected chi connectivity index (χ1v) is 8.14. The van der Waals surface area contributed by atoms with Crippen molar-refractivity contribution >= 4 is 11.7 Å². The van der Waals surface area contributed by atoms with Crippen molar-refractivity contribution in [1.29, 1.82) is 0 Å². The molecule has 0 fully saturated rings. The van der Waals surface area contributed by atoms with Gasteiger partial charge in [0.2, 0.25) is 0 Å². The van der Waals surface area contributed by atoms with Crippen LogP contribution in [0.4, 0.5) is 14.9 Å². The van der Waals surface area contributed by atoms with Crippen LogP contribution >= 0.6 is 0 Å². The summed E-state index contributed by atoms with van der Waals surface area (Å²) in [6.45, 7) is 4.59. The maximum atomic E-state index is 13.5. The van der Waals surface area contributed by atoms with Gasteiger partial charge in [-0.2, -0.15) is 0 Å². The standard InChI is InChI=1S/C19H23FN2O3/c1-4-25-17-8-6-14(11-18(17)24-3)9-10-21-19(23)22-15-7-5-13(2)16(20)12-15/h5-8,11-12H,4,9-10H2,1-3H3,(H2,21,22,23). The van der Waals surface area contributed by atoms with Crippen LogP contribution in [0.15, 0.2) is 36.4 Å². The fraction of sp³-hybridized carbons (Fsp3) is 0.316.